The van der Waals surface area contributed by atoms with Crippen molar-refractivity contribution in [3.05, 3.63) is 64.0 Å². The first-order chi connectivity index (χ1) is 20.8. The van der Waals surface area contributed by atoms with Crippen molar-refractivity contribution >= 4 is 23.5 Å². The molecule has 0 fully saturated rings. The molecular formula is C33H41NO8S. The summed E-state index contributed by atoms with van der Waals surface area (Å²) in [5.41, 5.74) is 4.01. The summed E-state index contributed by atoms with van der Waals surface area (Å²) in [7, 11) is 6.22. The number of carbonyl (C=O) groups is 2. The van der Waals surface area contributed by atoms with Crippen molar-refractivity contribution in [2.75, 3.05) is 53.2 Å². The Morgan fingerprint density at radius 1 is 0.907 bits per heavy atom. The number of hydrogen-bond donors (Lipinski definition) is 1. The standard InChI is InChI=1S/C33H41NO8S/c1-8-41-25-11-10-20(16-26(25)37-4)21-14-23-31(24(35)15-21)30(22-17-27(38-5)32(40-7)28(18-22)39-6)29(19(3)34-23)33(36)42-12-13-43-9-2/h10-11,16-18,21,30,34H,8-9,12-15H2,1-7H3/t21-,30-/m0/s1. The van der Waals surface area contributed by atoms with E-state index in [0.29, 0.717) is 69.9 Å². The van der Waals surface area contributed by atoms with Crippen molar-refractivity contribution in [3.8, 4) is 28.7 Å². The van der Waals surface area contributed by atoms with Gasteiger partial charge >= 0.3 is 5.97 Å². The number of nitrogens with one attached hydrogen (secondary N) is 1. The predicted molar refractivity (Wildman–Crippen MR) is 167 cm³/mol. The summed E-state index contributed by atoms with van der Waals surface area (Å²) in [6, 6.07) is 9.40. The summed E-state index contributed by atoms with van der Waals surface area (Å²) in [5.74, 6) is 2.93. The average molecular weight is 612 g/mol. The van der Waals surface area contributed by atoms with Crippen LogP contribution in [0.5, 0.6) is 28.7 Å². The second kappa shape index (κ2) is 14.6. The fourth-order valence-corrected chi connectivity index (χ4v) is 6.26. The molecule has 2 atom stereocenters. The molecule has 0 unspecified atom stereocenters. The Labute approximate surface area is 257 Å². The number of carbonyl (C=O) groups excluding carboxylic acids is 2. The Hall–Kier alpha value is -3.79. The first kappa shape index (κ1) is 32.1. The van der Waals surface area contributed by atoms with E-state index in [9.17, 15) is 9.59 Å². The van der Waals surface area contributed by atoms with Gasteiger partial charge in [0.05, 0.1) is 40.6 Å². The van der Waals surface area contributed by atoms with Crippen molar-refractivity contribution in [2.24, 2.45) is 0 Å². The van der Waals surface area contributed by atoms with Crippen LogP contribution in [0, 0.1) is 0 Å². The summed E-state index contributed by atoms with van der Waals surface area (Å²) in [5, 5.41) is 3.41. The van der Waals surface area contributed by atoms with E-state index in [1.807, 2.05) is 32.0 Å². The highest BCUT2D eigenvalue weighted by Gasteiger charge is 2.42. The fraction of sp³-hybridized carbons (Fsp3) is 0.455. The molecule has 1 N–H and O–H groups in total. The molecule has 0 aromatic heterocycles. The first-order valence-electron chi connectivity index (χ1n) is 14.4. The number of benzene rings is 2. The van der Waals surface area contributed by atoms with Gasteiger partial charge in [-0.15, -0.1) is 0 Å². The zero-order valence-corrected chi connectivity index (χ0v) is 26.8. The Kier molecular flexibility index (Phi) is 10.9. The Morgan fingerprint density at radius 2 is 1.58 bits per heavy atom. The zero-order chi connectivity index (χ0) is 31.1. The maximum Gasteiger partial charge on any atom is 0.336 e. The lowest BCUT2D eigenvalue weighted by Gasteiger charge is -2.37. The fourth-order valence-electron chi connectivity index (χ4n) is 5.77. The van der Waals surface area contributed by atoms with Gasteiger partial charge < -0.3 is 33.7 Å². The normalized spacial score (nSPS) is 18.1. The van der Waals surface area contributed by atoms with Crippen LogP contribution in [0.25, 0.3) is 0 Å². The maximum absolute atomic E-state index is 14.1. The lowest BCUT2D eigenvalue weighted by molar-refractivity contribution is -0.138. The molecule has 1 aliphatic heterocycles. The van der Waals surface area contributed by atoms with E-state index in [4.69, 9.17) is 28.4 Å². The molecule has 0 amide bonds. The second-order valence-electron chi connectivity index (χ2n) is 10.2. The summed E-state index contributed by atoms with van der Waals surface area (Å²) in [6.45, 7) is 6.63. The third kappa shape index (κ3) is 6.74. The number of Topliss-reactive ketones (excluding diaryl/α,β-unsaturated/α-hetero) is 1. The number of esters is 1. The number of rotatable bonds is 13. The molecule has 1 aliphatic carbocycles. The van der Waals surface area contributed by atoms with E-state index < -0.39 is 11.9 Å². The van der Waals surface area contributed by atoms with Crippen LogP contribution in [-0.4, -0.2) is 64.9 Å². The quantitative estimate of drug-likeness (QED) is 0.222. The minimum atomic E-state index is -0.681. The van der Waals surface area contributed by atoms with E-state index >= 15 is 0 Å². The van der Waals surface area contributed by atoms with Crippen LogP contribution < -0.4 is 29.0 Å². The van der Waals surface area contributed by atoms with Gasteiger partial charge in [0, 0.05) is 35.1 Å². The van der Waals surface area contributed by atoms with Gasteiger partial charge in [-0.3, -0.25) is 4.79 Å². The van der Waals surface area contributed by atoms with Gasteiger partial charge in [-0.05, 0) is 67.3 Å². The Bertz CT molecular complexity index is 1390. The van der Waals surface area contributed by atoms with Crippen LogP contribution in [0.15, 0.2) is 52.9 Å². The van der Waals surface area contributed by atoms with E-state index in [0.717, 1.165) is 17.0 Å². The van der Waals surface area contributed by atoms with E-state index in [1.54, 1.807) is 31.0 Å². The van der Waals surface area contributed by atoms with E-state index in [1.165, 1.54) is 21.3 Å². The van der Waals surface area contributed by atoms with Gasteiger partial charge in [-0.1, -0.05) is 13.0 Å². The second-order valence-corrected chi connectivity index (χ2v) is 11.5. The van der Waals surface area contributed by atoms with Gasteiger partial charge in [-0.2, -0.15) is 11.8 Å². The molecule has 0 saturated carbocycles. The largest absolute Gasteiger partial charge is 0.493 e. The number of allylic oxidation sites excluding steroid dienone is 3. The third-order valence-corrected chi connectivity index (χ3v) is 8.56. The molecule has 2 aromatic rings. The lowest BCUT2D eigenvalue weighted by atomic mass is 9.71. The van der Waals surface area contributed by atoms with Crippen LogP contribution in [0.3, 0.4) is 0 Å². The minimum Gasteiger partial charge on any atom is -0.493 e. The SMILES string of the molecule is CCOc1ccc([C@@H]2CC(=O)C3=C(C2)NC(C)=C(C(=O)OCCSCC)[C@@H]3c2cc(OC)c(OC)c(OC)c2)cc1OC. The highest BCUT2D eigenvalue weighted by molar-refractivity contribution is 7.99. The Balaban J connectivity index is 1.80. The highest BCUT2D eigenvalue weighted by atomic mass is 32.2. The van der Waals surface area contributed by atoms with E-state index in [-0.39, 0.29) is 24.7 Å². The van der Waals surface area contributed by atoms with Crippen LogP contribution in [0.1, 0.15) is 56.6 Å². The van der Waals surface area contributed by atoms with Gasteiger partial charge in [0.15, 0.2) is 28.8 Å². The Morgan fingerprint density at radius 3 is 2.19 bits per heavy atom. The number of dihydropyridines is 1. The van der Waals surface area contributed by atoms with Gasteiger partial charge in [-0.25, -0.2) is 4.79 Å². The molecule has 0 spiro atoms. The summed E-state index contributed by atoms with van der Waals surface area (Å²) in [6.07, 6.45) is 0.846. The molecule has 0 radical (unpaired) electrons. The number of ketones is 1. The van der Waals surface area contributed by atoms with Crippen LogP contribution in [0.4, 0.5) is 0 Å². The monoisotopic (exact) mass is 611 g/mol. The minimum absolute atomic E-state index is 0.0512. The topological polar surface area (TPSA) is 102 Å². The molecule has 4 rings (SSSR count). The van der Waals surface area contributed by atoms with E-state index in [2.05, 4.69) is 12.2 Å². The molecule has 0 bridgehead atoms. The van der Waals surface area contributed by atoms with Crippen LogP contribution >= 0.6 is 11.8 Å². The summed E-state index contributed by atoms with van der Waals surface area (Å²) < 4.78 is 33.8. The molecule has 1 heterocycles. The number of methoxy groups -OCH3 is 4. The van der Waals surface area contributed by atoms with Gasteiger partial charge in [0.25, 0.3) is 0 Å². The van der Waals surface area contributed by atoms with Gasteiger partial charge in [0.1, 0.15) is 6.61 Å². The summed E-state index contributed by atoms with van der Waals surface area (Å²) in [4.78, 5) is 27.7. The zero-order valence-electron chi connectivity index (χ0n) is 26.0. The van der Waals surface area contributed by atoms with Crippen molar-refractivity contribution in [3.63, 3.8) is 0 Å². The molecule has 9 nitrogen and oxygen atoms in total. The van der Waals surface area contributed by atoms with Gasteiger partial charge in [0.2, 0.25) is 5.75 Å². The molecule has 43 heavy (non-hydrogen) atoms. The lowest BCUT2D eigenvalue weighted by Crippen LogP contribution is -2.36. The van der Waals surface area contributed by atoms with Crippen molar-refractivity contribution < 1.29 is 38.0 Å². The van der Waals surface area contributed by atoms with Crippen LogP contribution in [0.2, 0.25) is 0 Å². The number of thioether (sulfide) groups is 1. The molecule has 232 valence electrons. The van der Waals surface area contributed by atoms with Crippen LogP contribution in [-0.2, 0) is 14.3 Å². The number of hydrogen-bond acceptors (Lipinski definition) is 10. The molecule has 2 aliphatic rings. The predicted octanol–water partition coefficient (Wildman–Crippen LogP) is 5.78. The smallest absolute Gasteiger partial charge is 0.336 e. The van der Waals surface area contributed by atoms with Crippen molar-refractivity contribution in [1.29, 1.82) is 0 Å². The molecule has 10 heteroatoms. The number of ether oxygens (including phenoxy) is 6. The maximum atomic E-state index is 14.1. The highest BCUT2D eigenvalue weighted by Crippen LogP contribution is 2.49. The van der Waals surface area contributed by atoms with Crippen molar-refractivity contribution in [1.82, 2.24) is 5.32 Å². The first-order valence-corrected chi connectivity index (χ1v) is 15.6. The van der Waals surface area contributed by atoms with Crippen molar-refractivity contribution in [2.45, 2.75) is 45.4 Å². The summed E-state index contributed by atoms with van der Waals surface area (Å²) >= 11 is 1.70. The average Bonchev–Trinajstić information content (AvgIpc) is 3.01. The molecule has 0 saturated heterocycles. The molecular weight excluding hydrogens is 570 g/mol. The molecule has 2 aromatic carbocycles. The third-order valence-electron chi connectivity index (χ3n) is 7.69.